The highest BCUT2D eigenvalue weighted by molar-refractivity contribution is 6.44. The van der Waals surface area contributed by atoms with Gasteiger partial charge in [0.15, 0.2) is 0 Å². The van der Waals surface area contributed by atoms with E-state index in [-0.39, 0.29) is 18.4 Å². The lowest BCUT2D eigenvalue weighted by Gasteiger charge is -2.11. The Morgan fingerprint density at radius 2 is 1.71 bits per heavy atom. The number of benzene rings is 2. The predicted octanol–water partition coefficient (Wildman–Crippen LogP) is 4.06. The largest absolute Gasteiger partial charge is 0.375 e. The molecule has 0 aliphatic heterocycles. The molecule has 2 aromatic rings. The summed E-state index contributed by atoms with van der Waals surface area (Å²) in [5.41, 5.74) is 1.47. The van der Waals surface area contributed by atoms with Gasteiger partial charge in [0.05, 0.1) is 27.3 Å². The van der Waals surface area contributed by atoms with E-state index in [1.54, 1.807) is 37.4 Å². The fraction of sp³-hybridized carbons (Fsp3) is 0.125. The van der Waals surface area contributed by atoms with Gasteiger partial charge in [-0.1, -0.05) is 40.9 Å². The van der Waals surface area contributed by atoms with Crippen LogP contribution in [0.15, 0.2) is 36.4 Å². The number of hydrogen-bond donors (Lipinski definition) is 3. The first-order valence-electron chi connectivity index (χ1n) is 6.91. The first-order chi connectivity index (χ1) is 11.4. The number of anilines is 2. The molecule has 24 heavy (non-hydrogen) atoms. The Morgan fingerprint density at radius 1 is 1.00 bits per heavy atom. The Hall–Kier alpha value is -1.95. The molecule has 126 valence electrons. The van der Waals surface area contributed by atoms with Crippen LogP contribution in [-0.4, -0.2) is 25.4 Å². The number of nitrogens with one attached hydrogen (secondary N) is 3. The summed E-state index contributed by atoms with van der Waals surface area (Å²) in [6, 6.07) is 9.66. The van der Waals surface area contributed by atoms with E-state index in [1.165, 1.54) is 6.07 Å². The zero-order valence-electron chi connectivity index (χ0n) is 12.6. The van der Waals surface area contributed by atoms with Gasteiger partial charge < -0.3 is 16.0 Å². The van der Waals surface area contributed by atoms with Crippen LogP contribution in [0.4, 0.5) is 11.4 Å². The lowest BCUT2D eigenvalue weighted by atomic mass is 10.2. The lowest BCUT2D eigenvalue weighted by Crippen LogP contribution is -2.22. The van der Waals surface area contributed by atoms with Crippen molar-refractivity contribution in [3.05, 3.63) is 57.0 Å². The minimum Gasteiger partial charge on any atom is -0.375 e. The normalized spacial score (nSPS) is 10.2. The molecule has 0 saturated heterocycles. The highest BCUT2D eigenvalue weighted by atomic mass is 35.5. The average molecular weight is 387 g/mol. The van der Waals surface area contributed by atoms with Crippen molar-refractivity contribution in [1.29, 1.82) is 0 Å². The third-order valence-electron chi connectivity index (χ3n) is 3.08. The van der Waals surface area contributed by atoms with Gasteiger partial charge in [-0.05, 0) is 30.3 Å². The van der Waals surface area contributed by atoms with Crippen LogP contribution in [0.2, 0.25) is 15.1 Å². The van der Waals surface area contributed by atoms with Crippen LogP contribution in [0, 0.1) is 0 Å². The van der Waals surface area contributed by atoms with E-state index in [9.17, 15) is 9.59 Å². The summed E-state index contributed by atoms with van der Waals surface area (Å²) in [6.07, 6.45) is 0. The fourth-order valence-corrected chi connectivity index (χ4v) is 2.53. The molecule has 0 unspecified atom stereocenters. The van der Waals surface area contributed by atoms with Gasteiger partial charge in [0, 0.05) is 18.3 Å². The van der Waals surface area contributed by atoms with Crippen molar-refractivity contribution in [1.82, 2.24) is 5.32 Å². The maximum atomic E-state index is 12.0. The van der Waals surface area contributed by atoms with Crippen LogP contribution in [0.25, 0.3) is 0 Å². The van der Waals surface area contributed by atoms with E-state index in [0.29, 0.717) is 32.0 Å². The number of rotatable bonds is 5. The van der Waals surface area contributed by atoms with Gasteiger partial charge in [0.1, 0.15) is 0 Å². The second kappa shape index (κ2) is 8.24. The van der Waals surface area contributed by atoms with Gasteiger partial charge in [-0.3, -0.25) is 9.59 Å². The summed E-state index contributed by atoms with van der Waals surface area (Å²) < 4.78 is 0. The van der Waals surface area contributed by atoms with Gasteiger partial charge in [-0.25, -0.2) is 0 Å². The maximum absolute atomic E-state index is 12.0. The Balaban J connectivity index is 1.99. The maximum Gasteiger partial charge on any atom is 0.251 e. The summed E-state index contributed by atoms with van der Waals surface area (Å²) in [6.45, 7) is -0.0259. The molecule has 0 saturated carbocycles. The van der Waals surface area contributed by atoms with Gasteiger partial charge >= 0.3 is 0 Å². The number of carbonyl (C=O) groups is 2. The quantitative estimate of drug-likeness (QED) is 0.679. The standard InChI is InChI=1S/C16H14Cl3N3O2/c1-20-16(24)9-3-2-4-10(5-9)22-15(23)8-21-14-7-12(18)11(17)6-13(14)19/h2-7,21H,8H2,1H3,(H,20,24)(H,22,23). The van der Waals surface area contributed by atoms with Gasteiger partial charge in [-0.15, -0.1) is 0 Å². The summed E-state index contributed by atoms with van der Waals surface area (Å²) in [7, 11) is 1.54. The van der Waals surface area contributed by atoms with Crippen molar-refractivity contribution in [2.24, 2.45) is 0 Å². The number of amides is 2. The molecule has 5 nitrogen and oxygen atoms in total. The molecule has 2 rings (SSSR count). The van der Waals surface area contributed by atoms with Crippen molar-refractivity contribution in [2.45, 2.75) is 0 Å². The number of carbonyl (C=O) groups excluding carboxylic acids is 2. The SMILES string of the molecule is CNC(=O)c1cccc(NC(=O)CNc2cc(Cl)c(Cl)cc2Cl)c1. The highest BCUT2D eigenvalue weighted by Gasteiger charge is 2.09. The first kappa shape index (κ1) is 18.4. The Bertz CT molecular complexity index is 781. The molecular formula is C16H14Cl3N3O2. The molecule has 0 spiro atoms. The van der Waals surface area contributed by atoms with E-state index < -0.39 is 0 Å². The van der Waals surface area contributed by atoms with Gasteiger partial charge in [-0.2, -0.15) is 0 Å². The lowest BCUT2D eigenvalue weighted by molar-refractivity contribution is -0.114. The second-order valence-electron chi connectivity index (χ2n) is 4.81. The molecule has 0 aliphatic carbocycles. The third kappa shape index (κ3) is 4.77. The van der Waals surface area contributed by atoms with Crippen molar-refractivity contribution in [2.75, 3.05) is 24.2 Å². The van der Waals surface area contributed by atoms with Crippen LogP contribution < -0.4 is 16.0 Å². The zero-order valence-corrected chi connectivity index (χ0v) is 14.9. The summed E-state index contributed by atoms with van der Waals surface area (Å²) in [5.74, 6) is -0.530. The molecular weight excluding hydrogens is 373 g/mol. The Labute approximate surface area is 154 Å². The van der Waals surface area contributed by atoms with E-state index >= 15 is 0 Å². The molecule has 0 fully saturated rings. The van der Waals surface area contributed by atoms with Crippen LogP contribution in [-0.2, 0) is 4.79 Å². The molecule has 2 amide bonds. The molecule has 2 aromatic carbocycles. The molecule has 8 heteroatoms. The molecule has 0 bridgehead atoms. The van der Waals surface area contributed by atoms with Crippen molar-refractivity contribution >= 4 is 58.0 Å². The van der Waals surface area contributed by atoms with Crippen molar-refractivity contribution < 1.29 is 9.59 Å². The average Bonchev–Trinajstić information content (AvgIpc) is 2.56. The predicted molar refractivity (Wildman–Crippen MR) is 98.4 cm³/mol. The van der Waals surface area contributed by atoms with Crippen LogP contribution in [0.1, 0.15) is 10.4 Å². The molecule has 0 atom stereocenters. The monoisotopic (exact) mass is 385 g/mol. The topological polar surface area (TPSA) is 70.2 Å². The summed E-state index contributed by atoms with van der Waals surface area (Å²) in [4.78, 5) is 23.6. The minimum atomic E-state index is -0.300. The van der Waals surface area contributed by atoms with Crippen LogP contribution in [0.3, 0.4) is 0 Å². The first-order valence-corrected chi connectivity index (χ1v) is 8.04. The minimum absolute atomic E-state index is 0.0259. The van der Waals surface area contributed by atoms with E-state index in [1.807, 2.05) is 0 Å². The van der Waals surface area contributed by atoms with Gasteiger partial charge in [0.25, 0.3) is 5.91 Å². The summed E-state index contributed by atoms with van der Waals surface area (Å²) >= 11 is 17.8. The molecule has 0 heterocycles. The zero-order chi connectivity index (χ0) is 17.7. The molecule has 0 radical (unpaired) electrons. The number of halogens is 3. The van der Waals surface area contributed by atoms with Gasteiger partial charge in [0.2, 0.25) is 5.91 Å². The third-order valence-corrected chi connectivity index (χ3v) is 4.12. The second-order valence-corrected chi connectivity index (χ2v) is 6.03. The van der Waals surface area contributed by atoms with Crippen molar-refractivity contribution in [3.8, 4) is 0 Å². The highest BCUT2D eigenvalue weighted by Crippen LogP contribution is 2.32. The molecule has 0 aromatic heterocycles. The summed E-state index contributed by atoms with van der Waals surface area (Å²) in [5, 5.41) is 9.13. The van der Waals surface area contributed by atoms with Crippen LogP contribution in [0.5, 0.6) is 0 Å². The number of hydrogen-bond acceptors (Lipinski definition) is 3. The molecule has 3 N–H and O–H groups in total. The fourth-order valence-electron chi connectivity index (χ4n) is 1.92. The van der Waals surface area contributed by atoms with Crippen molar-refractivity contribution in [3.63, 3.8) is 0 Å². The molecule has 0 aliphatic rings. The van der Waals surface area contributed by atoms with Crippen LogP contribution >= 0.6 is 34.8 Å². The Kier molecular flexibility index (Phi) is 6.31. The Morgan fingerprint density at radius 3 is 2.42 bits per heavy atom. The van der Waals surface area contributed by atoms with E-state index in [4.69, 9.17) is 34.8 Å². The van der Waals surface area contributed by atoms with E-state index in [2.05, 4.69) is 16.0 Å². The van der Waals surface area contributed by atoms with E-state index in [0.717, 1.165) is 0 Å². The smallest absolute Gasteiger partial charge is 0.251 e.